The molecular formula is C24H31N5O4. The zero-order chi connectivity index (χ0) is 23.5. The van der Waals surface area contributed by atoms with E-state index in [1.54, 1.807) is 43.3 Å². The third-order valence-corrected chi connectivity index (χ3v) is 6.57. The van der Waals surface area contributed by atoms with Gasteiger partial charge in [0.15, 0.2) is 0 Å². The summed E-state index contributed by atoms with van der Waals surface area (Å²) in [4.78, 5) is 46.9. The van der Waals surface area contributed by atoms with E-state index in [1.165, 1.54) is 0 Å². The van der Waals surface area contributed by atoms with E-state index in [4.69, 9.17) is 4.98 Å². The molecule has 0 spiro atoms. The van der Waals surface area contributed by atoms with Crippen molar-refractivity contribution in [3.8, 4) is 0 Å². The lowest BCUT2D eigenvalue weighted by atomic mass is 10.1. The Hall–Kier alpha value is -3.20. The van der Waals surface area contributed by atoms with Crippen molar-refractivity contribution in [3.63, 3.8) is 0 Å². The number of hydrogen-bond acceptors (Lipinski definition) is 6. The predicted molar refractivity (Wildman–Crippen MR) is 127 cm³/mol. The molecule has 2 heterocycles. The van der Waals surface area contributed by atoms with Crippen LogP contribution in [0.25, 0.3) is 10.9 Å². The van der Waals surface area contributed by atoms with Crippen molar-refractivity contribution in [2.45, 2.75) is 25.7 Å². The molecule has 9 nitrogen and oxygen atoms in total. The van der Waals surface area contributed by atoms with Gasteiger partial charge in [0.1, 0.15) is 5.82 Å². The largest absolute Gasteiger partial charge is 0.478 e. The van der Waals surface area contributed by atoms with Crippen LogP contribution in [0.3, 0.4) is 0 Å². The number of rotatable bonds is 6. The minimum absolute atomic E-state index is 0.000997. The molecule has 1 saturated heterocycles. The summed E-state index contributed by atoms with van der Waals surface area (Å²) in [7, 11) is 3.49. The summed E-state index contributed by atoms with van der Waals surface area (Å²) < 4.78 is 0. The predicted octanol–water partition coefficient (Wildman–Crippen LogP) is 2.27. The van der Waals surface area contributed by atoms with Gasteiger partial charge in [-0.1, -0.05) is 12.8 Å². The Kier molecular flexibility index (Phi) is 6.78. The lowest BCUT2D eigenvalue weighted by Gasteiger charge is -2.35. The molecule has 9 heteroatoms. The molecule has 2 N–H and O–H groups in total. The highest BCUT2D eigenvalue weighted by Crippen LogP contribution is 2.29. The van der Waals surface area contributed by atoms with Crippen molar-refractivity contribution in [3.05, 3.63) is 29.8 Å². The zero-order valence-corrected chi connectivity index (χ0v) is 19.2. The van der Waals surface area contributed by atoms with E-state index < -0.39 is 5.97 Å². The van der Waals surface area contributed by atoms with Crippen LogP contribution >= 0.6 is 0 Å². The SMILES string of the molecule is CN(C)C(=O)CN1CCN(c2cc(C(=O)O)c3cc(NC(=O)C4CCCC4)ccc3n2)CC1. The zero-order valence-electron chi connectivity index (χ0n) is 19.2. The second kappa shape index (κ2) is 9.74. The van der Waals surface area contributed by atoms with Gasteiger partial charge in [-0.2, -0.15) is 0 Å². The van der Waals surface area contributed by atoms with E-state index in [1.807, 2.05) is 0 Å². The summed E-state index contributed by atoms with van der Waals surface area (Å²) in [5, 5.41) is 13.3. The molecule has 4 rings (SSSR count). The number of benzene rings is 1. The van der Waals surface area contributed by atoms with Crippen LogP contribution in [0.5, 0.6) is 0 Å². The number of piperazine rings is 1. The minimum atomic E-state index is -1.03. The topological polar surface area (TPSA) is 106 Å². The average Bonchev–Trinajstić information content (AvgIpc) is 3.34. The fourth-order valence-electron chi connectivity index (χ4n) is 4.53. The maximum absolute atomic E-state index is 12.5. The summed E-state index contributed by atoms with van der Waals surface area (Å²) in [6.45, 7) is 3.10. The molecule has 2 amide bonds. The molecule has 2 aromatic rings. The molecule has 1 aromatic carbocycles. The Morgan fingerprint density at radius 1 is 1.09 bits per heavy atom. The van der Waals surface area contributed by atoms with Crippen molar-refractivity contribution in [2.75, 3.05) is 57.0 Å². The first-order valence-electron chi connectivity index (χ1n) is 11.5. The fourth-order valence-corrected chi connectivity index (χ4v) is 4.53. The van der Waals surface area contributed by atoms with Gasteiger partial charge in [-0.05, 0) is 37.1 Å². The molecule has 2 aliphatic rings. The number of fused-ring (bicyclic) bond motifs is 1. The number of nitrogens with zero attached hydrogens (tertiary/aromatic N) is 4. The number of carbonyl (C=O) groups excluding carboxylic acids is 2. The molecule has 0 bridgehead atoms. The molecule has 176 valence electrons. The molecule has 0 unspecified atom stereocenters. The van der Waals surface area contributed by atoms with Crippen molar-refractivity contribution in [2.24, 2.45) is 5.92 Å². The van der Waals surface area contributed by atoms with E-state index in [0.717, 1.165) is 25.7 Å². The van der Waals surface area contributed by atoms with Crippen LogP contribution in [-0.4, -0.2) is 84.5 Å². The highest BCUT2D eigenvalue weighted by Gasteiger charge is 2.24. The number of carbonyl (C=O) groups is 3. The number of amides is 2. The normalized spacial score (nSPS) is 17.3. The number of aromatic nitrogens is 1. The summed E-state index contributed by atoms with van der Waals surface area (Å²) in [5.41, 5.74) is 1.33. The number of likely N-dealkylation sites (N-methyl/N-ethyl adjacent to an activating group) is 1. The van der Waals surface area contributed by atoms with E-state index in [9.17, 15) is 19.5 Å². The lowest BCUT2D eigenvalue weighted by Crippen LogP contribution is -2.49. The van der Waals surface area contributed by atoms with Gasteiger partial charge in [0.2, 0.25) is 11.8 Å². The van der Waals surface area contributed by atoms with E-state index in [-0.39, 0.29) is 23.3 Å². The number of hydrogen-bond donors (Lipinski definition) is 2. The van der Waals surface area contributed by atoms with Crippen molar-refractivity contribution in [1.82, 2.24) is 14.8 Å². The average molecular weight is 454 g/mol. The highest BCUT2D eigenvalue weighted by atomic mass is 16.4. The van der Waals surface area contributed by atoms with Gasteiger partial charge in [0.25, 0.3) is 0 Å². The summed E-state index contributed by atoms with van der Waals surface area (Å²) in [6.07, 6.45) is 3.96. The van der Waals surface area contributed by atoms with E-state index in [0.29, 0.717) is 55.1 Å². The van der Waals surface area contributed by atoms with Crippen LogP contribution in [0, 0.1) is 5.92 Å². The van der Waals surface area contributed by atoms with Gasteiger partial charge in [-0.25, -0.2) is 9.78 Å². The van der Waals surface area contributed by atoms with Crippen LogP contribution in [0.1, 0.15) is 36.0 Å². The molecule has 1 aliphatic heterocycles. The minimum Gasteiger partial charge on any atom is -0.478 e. The second-order valence-corrected chi connectivity index (χ2v) is 9.09. The number of nitrogens with one attached hydrogen (secondary N) is 1. The molecule has 2 fully saturated rings. The van der Waals surface area contributed by atoms with Gasteiger partial charge in [0.05, 0.1) is 17.6 Å². The fraction of sp³-hybridized carbons (Fsp3) is 0.500. The number of carboxylic acid groups (broad SMARTS) is 1. The first kappa shape index (κ1) is 23.0. The third kappa shape index (κ3) is 5.24. The van der Waals surface area contributed by atoms with Crippen molar-refractivity contribution >= 4 is 40.2 Å². The smallest absolute Gasteiger partial charge is 0.336 e. The van der Waals surface area contributed by atoms with Gasteiger partial charge in [-0.15, -0.1) is 0 Å². The van der Waals surface area contributed by atoms with E-state index >= 15 is 0 Å². The first-order chi connectivity index (χ1) is 15.8. The number of aromatic carboxylic acids is 1. The Balaban J connectivity index is 1.51. The summed E-state index contributed by atoms with van der Waals surface area (Å²) in [5.74, 6) is -0.318. The quantitative estimate of drug-likeness (QED) is 0.691. The molecular weight excluding hydrogens is 422 g/mol. The van der Waals surface area contributed by atoms with Crippen LogP contribution in [0.4, 0.5) is 11.5 Å². The third-order valence-electron chi connectivity index (χ3n) is 6.57. The van der Waals surface area contributed by atoms with E-state index in [2.05, 4.69) is 15.1 Å². The van der Waals surface area contributed by atoms with Gasteiger partial charge < -0.3 is 20.2 Å². The van der Waals surface area contributed by atoms with Crippen molar-refractivity contribution in [1.29, 1.82) is 0 Å². The maximum atomic E-state index is 12.5. The monoisotopic (exact) mass is 453 g/mol. The maximum Gasteiger partial charge on any atom is 0.336 e. The molecule has 0 atom stereocenters. The lowest BCUT2D eigenvalue weighted by molar-refractivity contribution is -0.130. The van der Waals surface area contributed by atoms with Crippen molar-refractivity contribution < 1.29 is 19.5 Å². The van der Waals surface area contributed by atoms with Gasteiger partial charge in [-0.3, -0.25) is 14.5 Å². The van der Waals surface area contributed by atoms with Crippen LogP contribution in [0.2, 0.25) is 0 Å². The Labute approximate surface area is 193 Å². The van der Waals surface area contributed by atoms with Crippen LogP contribution < -0.4 is 10.2 Å². The Bertz CT molecular complexity index is 1060. The molecule has 1 saturated carbocycles. The second-order valence-electron chi connectivity index (χ2n) is 9.09. The molecule has 1 aromatic heterocycles. The standard InChI is InChI=1S/C24H31N5O4/c1-27(2)22(30)15-28-9-11-29(12-10-28)21-14-19(24(32)33)18-13-17(7-8-20(18)26-21)25-23(31)16-5-3-4-6-16/h7-8,13-14,16H,3-6,9-12,15H2,1-2H3,(H,25,31)(H,32,33). The number of pyridine rings is 1. The number of carboxylic acids is 1. The first-order valence-corrected chi connectivity index (χ1v) is 11.5. The summed E-state index contributed by atoms with van der Waals surface area (Å²) in [6, 6.07) is 6.85. The van der Waals surface area contributed by atoms with Gasteiger partial charge in [0, 0.05) is 57.3 Å². The highest BCUT2D eigenvalue weighted by molar-refractivity contribution is 6.05. The van der Waals surface area contributed by atoms with Gasteiger partial charge >= 0.3 is 5.97 Å². The molecule has 33 heavy (non-hydrogen) atoms. The Morgan fingerprint density at radius 3 is 2.42 bits per heavy atom. The number of anilines is 2. The molecule has 0 radical (unpaired) electrons. The van der Waals surface area contributed by atoms with Crippen LogP contribution in [0.15, 0.2) is 24.3 Å². The Morgan fingerprint density at radius 2 is 1.79 bits per heavy atom. The molecule has 1 aliphatic carbocycles. The summed E-state index contributed by atoms with van der Waals surface area (Å²) >= 11 is 0. The van der Waals surface area contributed by atoms with Crippen LogP contribution in [-0.2, 0) is 9.59 Å².